The maximum atomic E-state index is 5.20. The van der Waals surface area contributed by atoms with Gasteiger partial charge in [0, 0.05) is 33.8 Å². The molecule has 0 spiro atoms. The Bertz CT molecular complexity index is 2610. The Hall–Kier alpha value is -6.29. The summed E-state index contributed by atoms with van der Waals surface area (Å²) >= 11 is 1.79. The highest BCUT2D eigenvalue weighted by molar-refractivity contribution is 7.19. The van der Waals surface area contributed by atoms with E-state index in [1.165, 1.54) is 59.8 Å². The lowest BCUT2D eigenvalue weighted by atomic mass is 9.98. The predicted molar refractivity (Wildman–Crippen MR) is 213 cm³/mol. The second-order valence-electron chi connectivity index (χ2n) is 12.8. The SMILES string of the molecule is c1ccc(-c2ccc(N(c3ccc(-c4nc5c(s4)-c4cccc6cccc-5c46)cc3)c3ccc(-c4cccc5ccccc45)cc3)cc2)cc1. The monoisotopic (exact) mass is 654 g/mol. The smallest absolute Gasteiger partial charge is 0.124 e. The van der Waals surface area contributed by atoms with Gasteiger partial charge in [-0.1, -0.05) is 133 Å². The molecule has 0 amide bonds. The fraction of sp³-hybridized carbons (Fsp3) is 0. The normalized spacial score (nSPS) is 11.6. The first-order valence-electron chi connectivity index (χ1n) is 17.0. The molecule has 1 aliphatic carbocycles. The Morgan fingerprint density at radius 2 is 0.900 bits per heavy atom. The van der Waals surface area contributed by atoms with E-state index in [4.69, 9.17) is 4.98 Å². The van der Waals surface area contributed by atoms with Crippen LogP contribution in [0.1, 0.15) is 0 Å². The topological polar surface area (TPSA) is 16.1 Å². The van der Waals surface area contributed by atoms with Crippen molar-refractivity contribution in [3.05, 3.63) is 182 Å². The molecule has 0 aliphatic heterocycles. The molecule has 10 rings (SSSR count). The summed E-state index contributed by atoms with van der Waals surface area (Å²) in [7, 11) is 0. The van der Waals surface area contributed by atoms with E-state index in [1.54, 1.807) is 11.3 Å². The first-order valence-corrected chi connectivity index (χ1v) is 17.8. The van der Waals surface area contributed by atoms with Gasteiger partial charge in [-0.05, 0) is 92.3 Å². The number of hydrogen-bond donors (Lipinski definition) is 0. The van der Waals surface area contributed by atoms with Gasteiger partial charge in [0.1, 0.15) is 5.01 Å². The molecule has 0 saturated heterocycles. The molecule has 8 aromatic carbocycles. The molecular formula is C47H30N2S. The van der Waals surface area contributed by atoms with Gasteiger partial charge in [0.15, 0.2) is 0 Å². The van der Waals surface area contributed by atoms with Crippen molar-refractivity contribution in [2.24, 2.45) is 0 Å². The van der Waals surface area contributed by atoms with Gasteiger partial charge < -0.3 is 4.90 Å². The van der Waals surface area contributed by atoms with Gasteiger partial charge in [-0.25, -0.2) is 4.98 Å². The zero-order valence-corrected chi connectivity index (χ0v) is 27.9. The summed E-state index contributed by atoms with van der Waals surface area (Å²) in [6.45, 7) is 0. The molecule has 1 aliphatic rings. The number of aromatic nitrogens is 1. The lowest BCUT2D eigenvalue weighted by Gasteiger charge is -2.26. The molecular weight excluding hydrogens is 625 g/mol. The van der Waals surface area contributed by atoms with Gasteiger partial charge in [-0.15, -0.1) is 11.3 Å². The fourth-order valence-electron chi connectivity index (χ4n) is 7.44. The van der Waals surface area contributed by atoms with Crippen LogP contribution in [0.3, 0.4) is 0 Å². The molecule has 3 heteroatoms. The molecule has 1 aromatic heterocycles. The summed E-state index contributed by atoms with van der Waals surface area (Å²) in [6, 6.07) is 65.5. The van der Waals surface area contributed by atoms with Crippen molar-refractivity contribution in [1.82, 2.24) is 4.98 Å². The highest BCUT2D eigenvalue weighted by Crippen LogP contribution is 2.51. The van der Waals surface area contributed by atoms with Crippen LogP contribution >= 0.6 is 11.3 Å². The number of fused-ring (bicyclic) bond motifs is 4. The number of rotatable bonds is 6. The van der Waals surface area contributed by atoms with Crippen molar-refractivity contribution in [3.63, 3.8) is 0 Å². The van der Waals surface area contributed by atoms with Crippen molar-refractivity contribution in [2.45, 2.75) is 0 Å². The standard InChI is InChI=1S/C47H30N2S/c1-2-9-31(10-3-1)32-19-25-37(26-20-32)49(38-27-21-34(22-28-38)41-16-6-12-33-11-4-5-15-40(33)41)39-29-23-36(24-30-39)47-48-45-42-17-7-13-35-14-8-18-43(44(35)42)46(45)50-47/h1-30H. The summed E-state index contributed by atoms with van der Waals surface area (Å²) in [5.74, 6) is 0. The Kier molecular flexibility index (Phi) is 6.71. The molecule has 0 saturated carbocycles. The average molecular weight is 655 g/mol. The minimum Gasteiger partial charge on any atom is -0.311 e. The van der Waals surface area contributed by atoms with Crippen LogP contribution in [0.2, 0.25) is 0 Å². The molecule has 0 radical (unpaired) electrons. The van der Waals surface area contributed by atoms with Crippen molar-refractivity contribution >= 4 is 49.9 Å². The molecule has 2 nitrogen and oxygen atoms in total. The molecule has 1 heterocycles. The summed E-state index contributed by atoms with van der Waals surface area (Å²) < 4.78 is 0. The van der Waals surface area contributed by atoms with Gasteiger partial charge in [0.05, 0.1) is 10.6 Å². The van der Waals surface area contributed by atoms with E-state index < -0.39 is 0 Å². The van der Waals surface area contributed by atoms with E-state index >= 15 is 0 Å². The number of anilines is 3. The first-order chi connectivity index (χ1) is 24.8. The van der Waals surface area contributed by atoms with E-state index in [1.807, 2.05) is 0 Å². The summed E-state index contributed by atoms with van der Waals surface area (Å²) in [5, 5.41) is 6.16. The molecule has 0 bridgehead atoms. The molecule has 0 fully saturated rings. The maximum Gasteiger partial charge on any atom is 0.124 e. The number of thiazole rings is 1. The van der Waals surface area contributed by atoms with Crippen molar-refractivity contribution in [3.8, 4) is 54.5 Å². The summed E-state index contributed by atoms with van der Waals surface area (Å²) in [6.07, 6.45) is 0. The second-order valence-corrected chi connectivity index (χ2v) is 13.8. The minimum atomic E-state index is 1.05. The van der Waals surface area contributed by atoms with Gasteiger partial charge in [0.2, 0.25) is 0 Å². The predicted octanol–water partition coefficient (Wildman–Crippen LogP) is 13.6. The van der Waals surface area contributed by atoms with E-state index in [9.17, 15) is 0 Å². The Morgan fingerprint density at radius 1 is 0.380 bits per heavy atom. The number of benzene rings is 8. The third-order valence-electron chi connectivity index (χ3n) is 9.86. The van der Waals surface area contributed by atoms with Crippen LogP contribution in [-0.2, 0) is 0 Å². The lowest BCUT2D eigenvalue weighted by molar-refractivity contribution is 1.28. The van der Waals surface area contributed by atoms with E-state index in [-0.39, 0.29) is 0 Å². The minimum absolute atomic E-state index is 1.05. The van der Waals surface area contributed by atoms with Crippen LogP contribution in [0.15, 0.2) is 182 Å². The van der Waals surface area contributed by atoms with E-state index in [2.05, 4.69) is 187 Å². The molecule has 234 valence electrons. The molecule has 0 atom stereocenters. The van der Waals surface area contributed by atoms with Crippen LogP contribution in [0.5, 0.6) is 0 Å². The van der Waals surface area contributed by atoms with Gasteiger partial charge >= 0.3 is 0 Å². The number of hydrogen-bond acceptors (Lipinski definition) is 3. The quantitative estimate of drug-likeness (QED) is 0.177. The highest BCUT2D eigenvalue weighted by Gasteiger charge is 2.26. The molecule has 0 unspecified atom stereocenters. The van der Waals surface area contributed by atoms with Crippen LogP contribution < -0.4 is 4.90 Å². The average Bonchev–Trinajstić information content (AvgIpc) is 3.76. The van der Waals surface area contributed by atoms with Gasteiger partial charge in [-0.3, -0.25) is 0 Å². The number of nitrogens with zero attached hydrogens (tertiary/aromatic N) is 2. The van der Waals surface area contributed by atoms with Crippen molar-refractivity contribution in [1.29, 1.82) is 0 Å². The molecule has 9 aromatic rings. The molecule has 50 heavy (non-hydrogen) atoms. The van der Waals surface area contributed by atoms with E-state index in [0.717, 1.165) is 33.3 Å². The first kappa shape index (κ1) is 28.7. The second kappa shape index (κ2) is 11.7. The van der Waals surface area contributed by atoms with Gasteiger partial charge in [-0.2, -0.15) is 0 Å². The van der Waals surface area contributed by atoms with Crippen LogP contribution in [0.4, 0.5) is 17.1 Å². The van der Waals surface area contributed by atoms with Crippen LogP contribution in [0.25, 0.3) is 76.1 Å². The maximum absolute atomic E-state index is 5.20. The highest BCUT2D eigenvalue weighted by atomic mass is 32.1. The van der Waals surface area contributed by atoms with Crippen LogP contribution in [-0.4, -0.2) is 4.98 Å². The van der Waals surface area contributed by atoms with Gasteiger partial charge in [0.25, 0.3) is 0 Å². The van der Waals surface area contributed by atoms with Crippen molar-refractivity contribution < 1.29 is 0 Å². The Balaban J connectivity index is 1.03. The summed E-state index contributed by atoms with van der Waals surface area (Å²) in [5.41, 5.74) is 12.9. The largest absolute Gasteiger partial charge is 0.311 e. The van der Waals surface area contributed by atoms with Crippen molar-refractivity contribution in [2.75, 3.05) is 4.90 Å². The van der Waals surface area contributed by atoms with E-state index in [0.29, 0.717) is 0 Å². The zero-order chi connectivity index (χ0) is 33.0. The fourth-order valence-corrected chi connectivity index (χ4v) is 8.55. The summed E-state index contributed by atoms with van der Waals surface area (Å²) in [4.78, 5) is 8.80. The molecule has 0 N–H and O–H groups in total. The third-order valence-corrected chi connectivity index (χ3v) is 11.0. The Labute approximate surface area is 295 Å². The lowest BCUT2D eigenvalue weighted by Crippen LogP contribution is -2.09. The Morgan fingerprint density at radius 3 is 1.60 bits per heavy atom. The van der Waals surface area contributed by atoms with Crippen LogP contribution in [0, 0.1) is 0 Å². The third kappa shape index (κ3) is 4.74. The zero-order valence-electron chi connectivity index (χ0n) is 27.1.